The third kappa shape index (κ3) is 3.55. The standard InChI is InChI=1S/C14H16N2O3S2.CH2.Tl/c1-9-4-6-10(7-5-9)8-14(21-20)13(19)15(2)11(17)12(18)16(14)3;;/h4-7,20H,8H2,1-3H3;1H2;/q;;+1/p-1. The van der Waals surface area contributed by atoms with E-state index in [0.717, 1.165) is 16.0 Å². The molecule has 3 amide bonds. The average molecular weight is 542 g/mol. The van der Waals surface area contributed by atoms with Gasteiger partial charge in [0.25, 0.3) is 0 Å². The number of rotatable bonds is 5. The number of aryl methyl sites for hydroxylation is 1. The number of benzene rings is 1. The number of amides is 3. The summed E-state index contributed by atoms with van der Waals surface area (Å²) in [5.74, 6) is -1.77. The summed E-state index contributed by atoms with van der Waals surface area (Å²) in [7, 11) is 5.89. The second-order valence-corrected chi connectivity index (χ2v) is 18.4. The van der Waals surface area contributed by atoms with Crippen molar-refractivity contribution in [3.05, 3.63) is 35.4 Å². The molecule has 1 aromatic rings. The summed E-state index contributed by atoms with van der Waals surface area (Å²) in [5, 5.41) is 0. The molecule has 1 atom stereocenters. The maximum atomic E-state index is 12.9. The van der Waals surface area contributed by atoms with Crippen LogP contribution in [0.1, 0.15) is 11.1 Å². The van der Waals surface area contributed by atoms with E-state index in [1.165, 1.54) is 29.8 Å². The van der Waals surface area contributed by atoms with Gasteiger partial charge >= 0.3 is 154 Å². The van der Waals surface area contributed by atoms with Crippen LogP contribution >= 0.6 is 18.1 Å². The Bertz CT molecular complexity index is 665. The van der Waals surface area contributed by atoms with Gasteiger partial charge in [-0.2, -0.15) is 0 Å². The Labute approximate surface area is 153 Å². The topological polar surface area (TPSA) is 57.7 Å². The molecule has 1 unspecified atom stereocenters. The number of hydrogen-bond acceptors (Lipinski definition) is 5. The van der Waals surface area contributed by atoms with Gasteiger partial charge in [0, 0.05) is 0 Å². The first kappa shape index (κ1) is 18.7. The Morgan fingerprint density at radius 1 is 1.13 bits per heavy atom. The minimum atomic E-state index is -1.20. The zero-order chi connectivity index (χ0) is 17.2. The Kier molecular flexibility index (Phi) is 6.06. The normalized spacial score (nSPS) is 21.6. The number of nitrogens with zero attached hydrogens (tertiary/aromatic N) is 2. The monoisotopic (exact) mass is 542 g/mol. The molecule has 8 heteroatoms. The molecule has 120 valence electrons. The molecule has 1 heterocycles. The van der Waals surface area contributed by atoms with E-state index in [4.69, 9.17) is 0 Å². The quantitative estimate of drug-likeness (QED) is 0.242. The fraction of sp³-hybridized carbons (Fsp3) is 0.333. The summed E-state index contributed by atoms with van der Waals surface area (Å²) in [6, 6.07) is 7.87. The first-order valence-electron chi connectivity index (χ1n) is 6.94. The molecule has 0 bridgehead atoms. The Balaban J connectivity index is 2.46. The fourth-order valence-corrected chi connectivity index (χ4v) is 12.6. The first-order valence-corrected chi connectivity index (χ1v) is 17.8. The predicted molar refractivity (Wildman–Crippen MR) is 96.2 cm³/mol. The molecule has 0 aromatic heterocycles. The molecular weight excluding hydrogens is 525 g/mol. The van der Waals surface area contributed by atoms with Crippen LogP contribution in [0.2, 0.25) is 0 Å². The van der Waals surface area contributed by atoms with Gasteiger partial charge in [-0.25, -0.2) is 0 Å². The van der Waals surface area contributed by atoms with Gasteiger partial charge < -0.3 is 0 Å². The Hall–Kier alpha value is -0.678. The van der Waals surface area contributed by atoms with E-state index >= 15 is 0 Å². The van der Waals surface area contributed by atoms with E-state index in [9.17, 15) is 14.4 Å². The maximum absolute atomic E-state index is 12.9. The Morgan fingerprint density at radius 3 is 2.30 bits per heavy atom. The number of likely N-dealkylation sites (N-methyl/N-ethyl adjacent to an activating group) is 2. The zero-order valence-corrected chi connectivity index (χ0v) is 19.4. The molecule has 0 saturated carbocycles. The summed E-state index contributed by atoms with van der Waals surface area (Å²) < 4.78 is 3.98. The van der Waals surface area contributed by atoms with E-state index in [-0.39, 0.29) is 5.91 Å². The minimum absolute atomic E-state index is 0.345. The molecule has 2 rings (SSSR count). The molecule has 23 heavy (non-hydrogen) atoms. The first-order chi connectivity index (χ1) is 10.8. The molecule has 1 fully saturated rings. The summed E-state index contributed by atoms with van der Waals surface area (Å²) in [6.07, 6.45) is 0.370. The average Bonchev–Trinajstić information content (AvgIpc) is 2.56. The van der Waals surface area contributed by atoms with Crippen molar-refractivity contribution >= 4 is 62.2 Å². The van der Waals surface area contributed by atoms with Gasteiger partial charge in [-0.1, -0.05) is 0 Å². The van der Waals surface area contributed by atoms with Crippen LogP contribution in [0.25, 0.3) is 0 Å². The van der Waals surface area contributed by atoms with Crippen molar-refractivity contribution in [2.24, 2.45) is 0 Å². The van der Waals surface area contributed by atoms with Gasteiger partial charge in [-0.05, 0) is 0 Å². The van der Waals surface area contributed by atoms with Crippen LogP contribution in [0.4, 0.5) is 0 Å². The Morgan fingerprint density at radius 2 is 1.74 bits per heavy atom. The summed E-state index contributed by atoms with van der Waals surface area (Å²) in [4.78, 5) is 38.2. The van der Waals surface area contributed by atoms with Crippen LogP contribution in [0.3, 0.4) is 0 Å². The second-order valence-electron chi connectivity index (χ2n) is 5.33. The molecule has 1 aliphatic heterocycles. The summed E-state index contributed by atoms with van der Waals surface area (Å²) in [5.41, 5.74) is 2.09. The summed E-state index contributed by atoms with van der Waals surface area (Å²) >= 11 is -1.20. The van der Waals surface area contributed by atoms with Crippen LogP contribution in [-0.4, -0.2) is 72.8 Å². The fourth-order valence-electron chi connectivity index (χ4n) is 2.36. The van der Waals surface area contributed by atoms with Crippen molar-refractivity contribution in [2.75, 3.05) is 14.1 Å². The predicted octanol–water partition coefficient (Wildman–Crippen LogP) is 1.12. The van der Waals surface area contributed by atoms with Gasteiger partial charge in [0.2, 0.25) is 0 Å². The van der Waals surface area contributed by atoms with Crippen molar-refractivity contribution in [1.29, 1.82) is 0 Å². The number of carbonyl (C=O) groups excluding carboxylic acids is 3. The van der Waals surface area contributed by atoms with Crippen molar-refractivity contribution in [1.82, 2.24) is 9.80 Å². The van der Waals surface area contributed by atoms with E-state index < -0.39 is 38.9 Å². The molecule has 0 radical (unpaired) electrons. The van der Waals surface area contributed by atoms with Crippen LogP contribution in [0.15, 0.2) is 24.3 Å². The number of piperazine rings is 1. The molecular formula is C15H17N2O3S2Tl. The molecule has 1 aromatic carbocycles. The van der Waals surface area contributed by atoms with E-state index in [1.54, 1.807) is 7.34 Å². The van der Waals surface area contributed by atoms with Gasteiger partial charge in [0.05, 0.1) is 0 Å². The molecule has 0 aliphatic carbocycles. The van der Waals surface area contributed by atoms with E-state index in [0.29, 0.717) is 6.42 Å². The van der Waals surface area contributed by atoms with Gasteiger partial charge in [-0.15, -0.1) is 0 Å². The van der Waals surface area contributed by atoms with Crippen molar-refractivity contribution < 1.29 is 14.4 Å². The van der Waals surface area contributed by atoms with Crippen LogP contribution in [-0.2, 0) is 20.8 Å². The summed E-state index contributed by atoms with van der Waals surface area (Å²) in [6.45, 7) is 2.00. The second kappa shape index (κ2) is 7.48. The SMILES string of the molecule is [CH2]=[Tl][S]SC1(Cc2ccc(C)cc2)C(=O)N(C)C(=O)C(=O)N1C. The zero-order valence-electron chi connectivity index (χ0n) is 13.2. The van der Waals surface area contributed by atoms with Crippen LogP contribution in [0.5, 0.6) is 0 Å². The van der Waals surface area contributed by atoms with E-state index in [2.05, 4.69) is 4.06 Å². The third-order valence-corrected chi connectivity index (χ3v) is 14.5. The van der Waals surface area contributed by atoms with Crippen LogP contribution < -0.4 is 0 Å². The number of carbonyl (C=O) groups is 3. The van der Waals surface area contributed by atoms with Gasteiger partial charge in [0.15, 0.2) is 0 Å². The van der Waals surface area contributed by atoms with Crippen molar-refractivity contribution in [3.8, 4) is 0 Å². The molecule has 0 spiro atoms. The molecule has 0 N–H and O–H groups in total. The van der Waals surface area contributed by atoms with Gasteiger partial charge in [-0.3, -0.25) is 0 Å². The molecule has 1 aliphatic rings. The van der Waals surface area contributed by atoms with Gasteiger partial charge in [0.1, 0.15) is 0 Å². The van der Waals surface area contributed by atoms with E-state index in [1.807, 2.05) is 31.2 Å². The number of hydrogen-bond donors (Lipinski definition) is 0. The molecule has 1 saturated heterocycles. The van der Waals surface area contributed by atoms with Crippen molar-refractivity contribution in [3.63, 3.8) is 0 Å². The number of imide groups is 1. The third-order valence-electron chi connectivity index (χ3n) is 3.79. The van der Waals surface area contributed by atoms with Crippen molar-refractivity contribution in [2.45, 2.75) is 18.2 Å². The molecule has 5 nitrogen and oxygen atoms in total. The van der Waals surface area contributed by atoms with Crippen LogP contribution in [0, 0.1) is 6.92 Å².